The lowest BCUT2D eigenvalue weighted by Gasteiger charge is -2.24. The van der Waals surface area contributed by atoms with Crippen LogP contribution in [0.1, 0.15) is 17.0 Å². The van der Waals surface area contributed by atoms with Crippen LogP contribution in [0.3, 0.4) is 0 Å². The summed E-state index contributed by atoms with van der Waals surface area (Å²) in [6, 6.07) is 15.2. The SMILES string of the molecule is COc1ccc(-c2[nH]nc3c2[C@H](c2cc(OC)cc(OC)c2)C(C#N)=C(N)O3)cc1. The number of H-pyrrole nitrogens is 1. The molecule has 1 atom stereocenters. The Morgan fingerprint density at radius 2 is 1.63 bits per heavy atom. The van der Waals surface area contributed by atoms with Crippen molar-refractivity contribution in [3.63, 3.8) is 0 Å². The normalized spacial score (nSPS) is 15.1. The Morgan fingerprint density at radius 3 is 2.20 bits per heavy atom. The number of nitrogens with zero attached hydrogens (tertiary/aromatic N) is 2. The van der Waals surface area contributed by atoms with Gasteiger partial charge in [0.15, 0.2) is 0 Å². The van der Waals surface area contributed by atoms with E-state index in [0.29, 0.717) is 22.9 Å². The number of nitrogens with one attached hydrogen (secondary N) is 1. The highest BCUT2D eigenvalue weighted by molar-refractivity contribution is 5.71. The van der Waals surface area contributed by atoms with E-state index in [9.17, 15) is 5.26 Å². The van der Waals surface area contributed by atoms with Crippen LogP contribution in [-0.4, -0.2) is 31.5 Å². The summed E-state index contributed by atoms with van der Waals surface area (Å²) < 4.78 is 21.7. The minimum atomic E-state index is -0.515. The van der Waals surface area contributed by atoms with Crippen molar-refractivity contribution in [1.29, 1.82) is 5.26 Å². The lowest BCUT2D eigenvalue weighted by Crippen LogP contribution is -2.21. The summed E-state index contributed by atoms with van der Waals surface area (Å²) in [5.74, 6) is 1.76. The fraction of sp³-hybridized carbons (Fsp3) is 0.182. The van der Waals surface area contributed by atoms with Gasteiger partial charge in [0, 0.05) is 11.6 Å². The molecule has 1 aromatic heterocycles. The number of allylic oxidation sites excluding steroid dienone is 1. The highest BCUT2D eigenvalue weighted by atomic mass is 16.5. The molecule has 3 aromatic rings. The van der Waals surface area contributed by atoms with Crippen molar-refractivity contribution in [1.82, 2.24) is 10.2 Å². The highest BCUT2D eigenvalue weighted by Crippen LogP contribution is 2.47. The summed E-state index contributed by atoms with van der Waals surface area (Å²) in [6.45, 7) is 0. The summed E-state index contributed by atoms with van der Waals surface area (Å²) in [6.07, 6.45) is 0. The van der Waals surface area contributed by atoms with E-state index in [1.54, 1.807) is 27.4 Å². The van der Waals surface area contributed by atoms with Crippen molar-refractivity contribution in [2.75, 3.05) is 21.3 Å². The molecule has 0 unspecified atom stereocenters. The number of aromatic amines is 1. The van der Waals surface area contributed by atoms with Crippen LogP contribution < -0.4 is 24.7 Å². The topological polar surface area (TPSA) is 115 Å². The standard InChI is InChI=1S/C22H20N4O4/c1-27-14-6-4-12(5-7-14)20-19-18(13-8-15(28-2)10-16(9-13)29-3)17(11-23)21(24)30-22(19)26-25-20/h4-10,18H,24H2,1-3H3,(H,25,26)/t18-/m1/s1. The molecule has 2 heterocycles. The van der Waals surface area contributed by atoms with Crippen LogP contribution in [0.4, 0.5) is 0 Å². The molecule has 0 amide bonds. The van der Waals surface area contributed by atoms with Crippen LogP contribution >= 0.6 is 0 Å². The average Bonchev–Trinajstić information content (AvgIpc) is 3.20. The van der Waals surface area contributed by atoms with Gasteiger partial charge in [-0.15, -0.1) is 5.10 Å². The predicted molar refractivity (Wildman–Crippen MR) is 109 cm³/mol. The first-order valence-corrected chi connectivity index (χ1v) is 9.12. The Balaban J connectivity index is 1.93. The maximum atomic E-state index is 9.86. The van der Waals surface area contributed by atoms with Gasteiger partial charge in [-0.3, -0.25) is 5.10 Å². The lowest BCUT2D eigenvalue weighted by molar-refractivity contribution is 0.377. The Labute approximate surface area is 173 Å². The highest BCUT2D eigenvalue weighted by Gasteiger charge is 2.36. The number of aromatic nitrogens is 2. The molecule has 1 aliphatic heterocycles. The molecule has 0 spiro atoms. The smallest absolute Gasteiger partial charge is 0.244 e. The molecule has 0 saturated carbocycles. The van der Waals surface area contributed by atoms with Crippen LogP contribution in [0.2, 0.25) is 0 Å². The maximum absolute atomic E-state index is 9.86. The van der Waals surface area contributed by atoms with Crippen molar-refractivity contribution >= 4 is 0 Å². The number of nitrogens with two attached hydrogens (primary N) is 1. The zero-order valence-corrected chi connectivity index (χ0v) is 16.7. The first kappa shape index (κ1) is 19.2. The number of hydrogen-bond donors (Lipinski definition) is 2. The molecule has 0 fully saturated rings. The molecule has 4 rings (SSSR count). The van der Waals surface area contributed by atoms with Gasteiger partial charge in [-0.2, -0.15) is 5.26 Å². The number of benzene rings is 2. The van der Waals surface area contributed by atoms with Crippen LogP contribution in [0.25, 0.3) is 11.3 Å². The van der Waals surface area contributed by atoms with E-state index in [-0.39, 0.29) is 11.5 Å². The number of fused-ring (bicyclic) bond motifs is 1. The Hall–Kier alpha value is -4.12. The van der Waals surface area contributed by atoms with Gasteiger partial charge < -0.3 is 24.7 Å². The summed E-state index contributed by atoms with van der Waals surface area (Å²) in [5, 5.41) is 17.2. The molecule has 30 heavy (non-hydrogen) atoms. The minimum Gasteiger partial charge on any atom is -0.497 e. The van der Waals surface area contributed by atoms with E-state index in [1.165, 1.54) is 0 Å². The molecule has 152 valence electrons. The van der Waals surface area contributed by atoms with E-state index in [0.717, 1.165) is 22.6 Å². The van der Waals surface area contributed by atoms with Gasteiger partial charge in [0.25, 0.3) is 0 Å². The summed E-state index contributed by atoms with van der Waals surface area (Å²) >= 11 is 0. The van der Waals surface area contributed by atoms with Crippen LogP contribution in [-0.2, 0) is 0 Å². The molecular formula is C22H20N4O4. The van der Waals surface area contributed by atoms with E-state index < -0.39 is 5.92 Å². The lowest BCUT2D eigenvalue weighted by atomic mass is 9.83. The van der Waals surface area contributed by atoms with E-state index in [4.69, 9.17) is 24.7 Å². The second-order valence-electron chi connectivity index (χ2n) is 6.62. The van der Waals surface area contributed by atoms with Crippen molar-refractivity contribution in [3.8, 4) is 40.5 Å². The zero-order valence-electron chi connectivity index (χ0n) is 16.7. The van der Waals surface area contributed by atoms with E-state index in [2.05, 4.69) is 16.3 Å². The first-order valence-electron chi connectivity index (χ1n) is 9.12. The second kappa shape index (κ2) is 7.72. The number of nitriles is 1. The fourth-order valence-electron chi connectivity index (χ4n) is 3.55. The number of ether oxygens (including phenoxy) is 4. The molecule has 3 N–H and O–H groups in total. The number of methoxy groups -OCH3 is 3. The second-order valence-corrected chi connectivity index (χ2v) is 6.62. The fourth-order valence-corrected chi connectivity index (χ4v) is 3.55. The van der Waals surface area contributed by atoms with Gasteiger partial charge in [0.05, 0.1) is 38.5 Å². The number of hydrogen-bond acceptors (Lipinski definition) is 7. The maximum Gasteiger partial charge on any atom is 0.244 e. The van der Waals surface area contributed by atoms with E-state index >= 15 is 0 Å². The van der Waals surface area contributed by atoms with Crippen LogP contribution in [0, 0.1) is 11.3 Å². The third-order valence-corrected chi connectivity index (χ3v) is 5.02. The van der Waals surface area contributed by atoms with Gasteiger partial charge >= 0.3 is 0 Å². The predicted octanol–water partition coefficient (Wildman–Crippen LogP) is 3.32. The quantitative estimate of drug-likeness (QED) is 0.670. The first-order chi connectivity index (χ1) is 14.6. The molecule has 0 bridgehead atoms. The van der Waals surface area contributed by atoms with Crippen molar-refractivity contribution in [3.05, 3.63) is 65.0 Å². The Morgan fingerprint density at radius 1 is 1.00 bits per heavy atom. The van der Waals surface area contributed by atoms with Gasteiger partial charge in [-0.05, 0) is 42.0 Å². The van der Waals surface area contributed by atoms with Crippen LogP contribution in [0.5, 0.6) is 23.1 Å². The van der Waals surface area contributed by atoms with Crippen LogP contribution in [0.15, 0.2) is 53.9 Å². The molecule has 0 saturated heterocycles. The van der Waals surface area contributed by atoms with Gasteiger partial charge in [-0.25, -0.2) is 0 Å². The summed E-state index contributed by atoms with van der Waals surface area (Å²) in [7, 11) is 4.76. The monoisotopic (exact) mass is 404 g/mol. The molecule has 0 aliphatic carbocycles. The van der Waals surface area contributed by atoms with E-state index in [1.807, 2.05) is 36.4 Å². The largest absolute Gasteiger partial charge is 0.497 e. The third kappa shape index (κ3) is 3.16. The molecule has 8 heteroatoms. The molecule has 1 aliphatic rings. The Bertz CT molecular complexity index is 1140. The van der Waals surface area contributed by atoms with Gasteiger partial charge in [-0.1, -0.05) is 0 Å². The molecule has 0 radical (unpaired) electrons. The zero-order chi connectivity index (χ0) is 21.3. The molecule has 2 aromatic carbocycles. The Kier molecular flexibility index (Phi) is 4.94. The van der Waals surface area contributed by atoms with Crippen molar-refractivity contribution in [2.45, 2.75) is 5.92 Å². The number of rotatable bonds is 5. The van der Waals surface area contributed by atoms with Crippen molar-refractivity contribution < 1.29 is 18.9 Å². The molecule has 8 nitrogen and oxygen atoms in total. The average molecular weight is 404 g/mol. The molecular weight excluding hydrogens is 384 g/mol. The van der Waals surface area contributed by atoms with Gasteiger partial charge in [0.2, 0.25) is 11.8 Å². The summed E-state index contributed by atoms with van der Waals surface area (Å²) in [5.41, 5.74) is 9.41. The third-order valence-electron chi connectivity index (χ3n) is 5.02. The van der Waals surface area contributed by atoms with Crippen molar-refractivity contribution in [2.24, 2.45) is 5.73 Å². The summed E-state index contributed by atoms with van der Waals surface area (Å²) in [4.78, 5) is 0. The van der Waals surface area contributed by atoms with Gasteiger partial charge in [0.1, 0.15) is 28.9 Å². The minimum absolute atomic E-state index is 0.0181.